The molecule has 1 aromatic heterocycles. The van der Waals surface area contributed by atoms with Gasteiger partial charge in [-0.2, -0.15) is 0 Å². The third-order valence-electron chi connectivity index (χ3n) is 4.77. The van der Waals surface area contributed by atoms with Crippen molar-refractivity contribution in [1.82, 2.24) is 9.88 Å². The average molecular weight is 338 g/mol. The van der Waals surface area contributed by atoms with Crippen LogP contribution in [0.5, 0.6) is 5.75 Å². The van der Waals surface area contributed by atoms with Gasteiger partial charge in [-0.1, -0.05) is 36.4 Å². The lowest BCUT2D eigenvalue weighted by Crippen LogP contribution is -2.31. The van der Waals surface area contributed by atoms with E-state index >= 15 is 0 Å². The van der Waals surface area contributed by atoms with Crippen molar-refractivity contribution in [3.05, 3.63) is 65.4 Å². The maximum absolute atomic E-state index is 10.2. The zero-order valence-corrected chi connectivity index (χ0v) is 15.1. The summed E-state index contributed by atoms with van der Waals surface area (Å²) in [4.78, 5) is 0. The van der Waals surface area contributed by atoms with Crippen molar-refractivity contribution in [2.24, 2.45) is 7.05 Å². The highest BCUT2D eigenvalue weighted by molar-refractivity contribution is 5.91. The molecule has 0 fully saturated rings. The number of aryl methyl sites for hydroxylation is 2. The summed E-state index contributed by atoms with van der Waals surface area (Å²) in [5.41, 5.74) is 4.82. The van der Waals surface area contributed by atoms with Crippen LogP contribution in [-0.4, -0.2) is 28.9 Å². The van der Waals surface area contributed by atoms with E-state index in [2.05, 4.69) is 49.0 Å². The molecule has 3 aromatic rings. The Morgan fingerprint density at radius 2 is 1.84 bits per heavy atom. The fraction of sp³-hybridized carbons (Fsp3) is 0.333. The zero-order valence-electron chi connectivity index (χ0n) is 15.1. The van der Waals surface area contributed by atoms with Crippen LogP contribution in [0.25, 0.3) is 10.9 Å². The Morgan fingerprint density at radius 3 is 2.60 bits per heavy atom. The number of nitrogens with one attached hydrogen (secondary N) is 1. The molecule has 0 aliphatic heterocycles. The van der Waals surface area contributed by atoms with Crippen LogP contribution in [0.3, 0.4) is 0 Å². The number of hydrogen-bond acceptors (Lipinski definition) is 3. The number of rotatable bonds is 7. The molecule has 2 N–H and O–H groups in total. The Morgan fingerprint density at radius 1 is 1.08 bits per heavy atom. The summed E-state index contributed by atoms with van der Waals surface area (Å²) in [5.74, 6) is 0.834. The van der Waals surface area contributed by atoms with E-state index < -0.39 is 6.10 Å². The molecular weight excluding hydrogens is 312 g/mol. The van der Waals surface area contributed by atoms with Gasteiger partial charge in [-0.15, -0.1) is 0 Å². The van der Waals surface area contributed by atoms with Gasteiger partial charge in [0.25, 0.3) is 0 Å². The molecule has 0 saturated carbocycles. The number of nitrogens with zero attached hydrogens (tertiary/aromatic N) is 1. The summed E-state index contributed by atoms with van der Waals surface area (Å²) in [7, 11) is 2.07. The smallest absolute Gasteiger partial charge is 0.129 e. The number of ether oxygens (including phenoxy) is 1. The molecule has 0 spiro atoms. The van der Waals surface area contributed by atoms with Crippen molar-refractivity contribution in [3.8, 4) is 5.75 Å². The van der Waals surface area contributed by atoms with Gasteiger partial charge in [0.2, 0.25) is 0 Å². The highest BCUT2D eigenvalue weighted by atomic mass is 16.5. The molecule has 0 radical (unpaired) electrons. The maximum atomic E-state index is 10.2. The van der Waals surface area contributed by atoms with Crippen LogP contribution >= 0.6 is 0 Å². The maximum Gasteiger partial charge on any atom is 0.129 e. The first kappa shape index (κ1) is 17.5. The largest absolute Gasteiger partial charge is 0.490 e. The minimum atomic E-state index is -0.552. The Hall–Kier alpha value is -2.30. The van der Waals surface area contributed by atoms with Crippen LogP contribution < -0.4 is 10.1 Å². The van der Waals surface area contributed by atoms with Gasteiger partial charge < -0.3 is 19.7 Å². The normalized spacial score (nSPS) is 12.5. The highest BCUT2D eigenvalue weighted by Gasteiger charge is 2.14. The summed E-state index contributed by atoms with van der Waals surface area (Å²) in [6, 6.07) is 16.2. The predicted molar refractivity (Wildman–Crippen MR) is 102 cm³/mol. The number of fused-ring (bicyclic) bond motifs is 1. The van der Waals surface area contributed by atoms with E-state index in [4.69, 9.17) is 4.74 Å². The molecule has 1 heterocycles. The Bertz CT molecular complexity index is 840. The molecule has 2 aromatic carbocycles. The lowest BCUT2D eigenvalue weighted by Gasteiger charge is -2.14. The number of aliphatic hydroxyl groups is 1. The van der Waals surface area contributed by atoms with Crippen LogP contribution in [-0.2, 0) is 13.6 Å². The van der Waals surface area contributed by atoms with E-state index in [1.807, 2.05) is 30.3 Å². The van der Waals surface area contributed by atoms with E-state index in [-0.39, 0.29) is 6.61 Å². The van der Waals surface area contributed by atoms with Crippen molar-refractivity contribution >= 4 is 10.9 Å². The highest BCUT2D eigenvalue weighted by Crippen LogP contribution is 2.32. The lowest BCUT2D eigenvalue weighted by atomic mass is 10.1. The Labute approximate surface area is 149 Å². The second-order valence-corrected chi connectivity index (χ2v) is 6.50. The first-order chi connectivity index (χ1) is 12.1. The monoisotopic (exact) mass is 338 g/mol. The van der Waals surface area contributed by atoms with Gasteiger partial charge in [-0.3, -0.25) is 0 Å². The molecule has 0 amide bonds. The molecule has 4 nitrogen and oxygen atoms in total. The van der Waals surface area contributed by atoms with Crippen LogP contribution in [0.4, 0.5) is 0 Å². The first-order valence-corrected chi connectivity index (χ1v) is 8.68. The molecule has 0 unspecified atom stereocenters. The second-order valence-electron chi connectivity index (χ2n) is 6.50. The van der Waals surface area contributed by atoms with Crippen molar-refractivity contribution in [2.45, 2.75) is 26.5 Å². The van der Waals surface area contributed by atoms with Gasteiger partial charge >= 0.3 is 0 Å². The summed E-state index contributed by atoms with van der Waals surface area (Å²) < 4.78 is 8.11. The van der Waals surface area contributed by atoms with E-state index in [0.29, 0.717) is 6.54 Å². The molecular formula is C21H26N2O2. The van der Waals surface area contributed by atoms with Crippen molar-refractivity contribution in [1.29, 1.82) is 0 Å². The molecule has 0 saturated heterocycles. The molecule has 3 rings (SSSR count). The second kappa shape index (κ2) is 7.72. The van der Waals surface area contributed by atoms with Crippen molar-refractivity contribution in [2.75, 3.05) is 13.2 Å². The minimum absolute atomic E-state index is 0.272. The molecule has 0 bridgehead atoms. The van der Waals surface area contributed by atoms with E-state index in [0.717, 1.165) is 23.2 Å². The number of benzene rings is 2. The standard InChI is InChI=1S/C21H26N2O2/c1-15-16(2)23(3)19-10-7-11-20(21(15)19)25-14-18(24)13-22-12-17-8-5-4-6-9-17/h4-11,18,22,24H,12-14H2,1-3H3/t18-/m0/s1. The number of hydrogen-bond donors (Lipinski definition) is 2. The van der Waals surface area contributed by atoms with Gasteiger partial charge in [0.1, 0.15) is 18.5 Å². The summed E-state index contributed by atoms with van der Waals surface area (Å²) in [6.45, 7) is 5.74. The minimum Gasteiger partial charge on any atom is -0.490 e. The summed E-state index contributed by atoms with van der Waals surface area (Å²) >= 11 is 0. The van der Waals surface area contributed by atoms with Gasteiger partial charge in [-0.05, 0) is 37.1 Å². The fourth-order valence-electron chi connectivity index (χ4n) is 3.13. The van der Waals surface area contributed by atoms with Crippen LogP contribution in [0.2, 0.25) is 0 Å². The average Bonchev–Trinajstić information content (AvgIpc) is 2.86. The van der Waals surface area contributed by atoms with E-state index in [1.165, 1.54) is 16.8 Å². The molecule has 132 valence electrons. The van der Waals surface area contributed by atoms with Crippen LogP contribution in [0.1, 0.15) is 16.8 Å². The van der Waals surface area contributed by atoms with Gasteiger partial charge in [0, 0.05) is 31.2 Å². The van der Waals surface area contributed by atoms with Crippen LogP contribution in [0.15, 0.2) is 48.5 Å². The summed E-state index contributed by atoms with van der Waals surface area (Å²) in [6.07, 6.45) is -0.552. The molecule has 0 aliphatic carbocycles. The van der Waals surface area contributed by atoms with Crippen LogP contribution in [0, 0.1) is 13.8 Å². The Kier molecular flexibility index (Phi) is 5.41. The van der Waals surface area contributed by atoms with E-state index in [9.17, 15) is 5.11 Å². The van der Waals surface area contributed by atoms with Gasteiger partial charge in [0.05, 0.1) is 5.52 Å². The van der Waals surface area contributed by atoms with E-state index in [1.54, 1.807) is 0 Å². The summed E-state index contributed by atoms with van der Waals surface area (Å²) in [5, 5.41) is 14.6. The third-order valence-corrected chi connectivity index (χ3v) is 4.77. The third kappa shape index (κ3) is 3.86. The quantitative estimate of drug-likeness (QED) is 0.695. The Balaban J connectivity index is 1.58. The molecule has 0 aliphatic rings. The topological polar surface area (TPSA) is 46.4 Å². The van der Waals surface area contributed by atoms with Gasteiger partial charge in [0.15, 0.2) is 0 Å². The number of aliphatic hydroxyl groups excluding tert-OH is 1. The fourth-order valence-corrected chi connectivity index (χ4v) is 3.13. The van der Waals surface area contributed by atoms with Crippen molar-refractivity contribution < 1.29 is 9.84 Å². The van der Waals surface area contributed by atoms with Crippen molar-refractivity contribution in [3.63, 3.8) is 0 Å². The van der Waals surface area contributed by atoms with Gasteiger partial charge in [-0.25, -0.2) is 0 Å². The number of aromatic nitrogens is 1. The zero-order chi connectivity index (χ0) is 17.8. The predicted octanol–water partition coefficient (Wildman–Crippen LogP) is 3.32. The molecule has 1 atom stereocenters. The SMILES string of the molecule is Cc1c(C)n(C)c2cccc(OC[C@@H](O)CNCc3ccccc3)c12. The lowest BCUT2D eigenvalue weighted by molar-refractivity contribution is 0.107. The molecule has 4 heteroatoms. The molecule has 25 heavy (non-hydrogen) atoms. The first-order valence-electron chi connectivity index (χ1n) is 8.68.